The summed E-state index contributed by atoms with van der Waals surface area (Å²) in [6, 6.07) is 4.50. The zero-order chi connectivity index (χ0) is 18.2. The van der Waals surface area contributed by atoms with Crippen molar-refractivity contribution in [2.75, 3.05) is 24.6 Å². The molecule has 2 saturated heterocycles. The first-order chi connectivity index (χ1) is 12.4. The predicted octanol–water partition coefficient (Wildman–Crippen LogP) is 2.71. The lowest BCUT2D eigenvalue weighted by Crippen LogP contribution is -2.34. The van der Waals surface area contributed by atoms with Crippen LogP contribution in [-0.2, 0) is 10.9 Å². The second-order valence-corrected chi connectivity index (χ2v) is 6.54. The Morgan fingerprint density at radius 1 is 1.27 bits per heavy atom. The van der Waals surface area contributed by atoms with E-state index in [0.29, 0.717) is 38.3 Å². The molecule has 0 aromatic carbocycles. The maximum absolute atomic E-state index is 12.9. The predicted molar refractivity (Wildman–Crippen MR) is 85.8 cm³/mol. The van der Waals surface area contributed by atoms with E-state index in [1.54, 1.807) is 23.4 Å². The van der Waals surface area contributed by atoms with Crippen LogP contribution in [0.25, 0.3) is 0 Å². The molecule has 2 aromatic heterocycles. The molecule has 0 amide bonds. The van der Waals surface area contributed by atoms with E-state index in [1.807, 2.05) is 6.07 Å². The number of halogens is 3. The van der Waals surface area contributed by atoms with Crippen LogP contribution < -0.4 is 9.64 Å². The summed E-state index contributed by atoms with van der Waals surface area (Å²) in [7, 11) is 0. The zero-order valence-corrected chi connectivity index (χ0v) is 13.8. The lowest BCUT2D eigenvalue weighted by atomic mass is 9.98. The van der Waals surface area contributed by atoms with Crippen molar-refractivity contribution in [3.05, 3.63) is 42.5 Å². The van der Waals surface area contributed by atoms with Gasteiger partial charge in [0, 0.05) is 25.4 Å². The highest BCUT2D eigenvalue weighted by atomic mass is 19.4. The first-order valence-electron chi connectivity index (χ1n) is 8.29. The number of rotatable bonds is 3. The molecule has 4 heterocycles. The molecule has 9 heteroatoms. The molecule has 6 nitrogen and oxygen atoms in total. The monoisotopic (exact) mass is 366 g/mol. The van der Waals surface area contributed by atoms with Crippen molar-refractivity contribution in [3.63, 3.8) is 0 Å². The van der Waals surface area contributed by atoms with Gasteiger partial charge in [0.25, 0.3) is 0 Å². The number of anilines is 1. The van der Waals surface area contributed by atoms with E-state index in [9.17, 15) is 13.2 Å². The van der Waals surface area contributed by atoms with Crippen molar-refractivity contribution in [2.24, 2.45) is 0 Å². The minimum Gasteiger partial charge on any atom is -0.486 e. The van der Waals surface area contributed by atoms with Crippen LogP contribution in [0.2, 0.25) is 0 Å². The Labute approximate surface area is 148 Å². The molecule has 2 fully saturated rings. The Bertz CT molecular complexity index is 774. The van der Waals surface area contributed by atoms with Crippen LogP contribution in [0.4, 0.5) is 19.1 Å². The third kappa shape index (κ3) is 3.44. The SMILES string of the molecule is FC(F)(F)c1ccnc(N2CC[C@@]3(C[C@@H](Oc4cccnc4)CO3)C2)n1. The molecule has 0 N–H and O–H groups in total. The van der Waals surface area contributed by atoms with Gasteiger partial charge < -0.3 is 14.4 Å². The highest BCUT2D eigenvalue weighted by Crippen LogP contribution is 2.38. The Balaban J connectivity index is 1.42. The van der Waals surface area contributed by atoms with Crippen molar-refractivity contribution < 1.29 is 22.6 Å². The summed E-state index contributed by atoms with van der Waals surface area (Å²) in [6.07, 6.45) is 1.21. The lowest BCUT2D eigenvalue weighted by Gasteiger charge is -2.23. The standard InChI is InChI=1S/C17H17F3N4O2/c18-17(19,20)14-3-6-22-15(23-14)24-7-4-16(11-24)8-13(10-25-16)26-12-2-1-5-21-9-12/h1-3,5-6,9,13H,4,7-8,10-11H2/t13-,16-/m1/s1. The van der Waals surface area contributed by atoms with E-state index >= 15 is 0 Å². The van der Waals surface area contributed by atoms with E-state index in [0.717, 1.165) is 12.3 Å². The van der Waals surface area contributed by atoms with E-state index in [-0.39, 0.29) is 12.1 Å². The second-order valence-electron chi connectivity index (χ2n) is 6.54. The van der Waals surface area contributed by atoms with Crippen molar-refractivity contribution in [3.8, 4) is 5.75 Å². The van der Waals surface area contributed by atoms with E-state index in [2.05, 4.69) is 15.0 Å². The minimum atomic E-state index is -4.48. The molecule has 0 unspecified atom stereocenters. The average molecular weight is 366 g/mol. The molecule has 4 rings (SSSR count). The zero-order valence-electron chi connectivity index (χ0n) is 13.8. The number of aromatic nitrogens is 3. The van der Waals surface area contributed by atoms with E-state index in [1.165, 1.54) is 0 Å². The molecule has 0 bridgehead atoms. The van der Waals surface area contributed by atoms with Gasteiger partial charge in [-0.15, -0.1) is 0 Å². The first kappa shape index (κ1) is 17.0. The lowest BCUT2D eigenvalue weighted by molar-refractivity contribution is -0.141. The van der Waals surface area contributed by atoms with Crippen LogP contribution in [0, 0.1) is 0 Å². The molecule has 138 valence electrons. The van der Waals surface area contributed by atoms with Gasteiger partial charge in [-0.05, 0) is 24.6 Å². The van der Waals surface area contributed by atoms with E-state index < -0.39 is 17.5 Å². The molecule has 2 aliphatic rings. The number of nitrogens with zero attached hydrogens (tertiary/aromatic N) is 4. The van der Waals surface area contributed by atoms with Crippen LogP contribution in [0.1, 0.15) is 18.5 Å². The normalized spacial score (nSPS) is 25.8. The molecular weight excluding hydrogens is 349 g/mol. The fourth-order valence-corrected chi connectivity index (χ4v) is 3.45. The van der Waals surface area contributed by atoms with Gasteiger partial charge in [0.05, 0.1) is 24.9 Å². The Kier molecular flexibility index (Phi) is 4.18. The maximum atomic E-state index is 12.9. The number of alkyl halides is 3. The third-order valence-electron chi connectivity index (χ3n) is 4.64. The topological polar surface area (TPSA) is 60.4 Å². The molecule has 0 aliphatic carbocycles. The summed E-state index contributed by atoms with van der Waals surface area (Å²) >= 11 is 0. The fourth-order valence-electron chi connectivity index (χ4n) is 3.45. The summed E-state index contributed by atoms with van der Waals surface area (Å²) in [5.74, 6) is 0.756. The Morgan fingerprint density at radius 3 is 2.92 bits per heavy atom. The van der Waals surface area contributed by atoms with Crippen molar-refractivity contribution in [1.82, 2.24) is 15.0 Å². The highest BCUT2D eigenvalue weighted by Gasteiger charge is 2.47. The van der Waals surface area contributed by atoms with Gasteiger partial charge >= 0.3 is 6.18 Å². The van der Waals surface area contributed by atoms with Gasteiger partial charge in [0.2, 0.25) is 5.95 Å². The summed E-state index contributed by atoms with van der Waals surface area (Å²) < 4.78 is 50.4. The third-order valence-corrected chi connectivity index (χ3v) is 4.64. The number of hydrogen-bond donors (Lipinski definition) is 0. The van der Waals surface area contributed by atoms with Gasteiger partial charge in [0.1, 0.15) is 17.5 Å². The number of pyridine rings is 1. The molecule has 2 atom stereocenters. The van der Waals surface area contributed by atoms with Crippen LogP contribution >= 0.6 is 0 Å². The van der Waals surface area contributed by atoms with Gasteiger partial charge in [-0.25, -0.2) is 9.97 Å². The Morgan fingerprint density at radius 2 is 2.15 bits per heavy atom. The largest absolute Gasteiger partial charge is 0.486 e. The van der Waals surface area contributed by atoms with Crippen LogP contribution in [0.15, 0.2) is 36.8 Å². The molecule has 26 heavy (non-hydrogen) atoms. The van der Waals surface area contributed by atoms with Crippen LogP contribution in [0.5, 0.6) is 5.75 Å². The second kappa shape index (κ2) is 6.39. The first-order valence-corrected chi connectivity index (χ1v) is 8.29. The average Bonchev–Trinajstić information content (AvgIpc) is 3.22. The van der Waals surface area contributed by atoms with Crippen molar-refractivity contribution >= 4 is 5.95 Å². The van der Waals surface area contributed by atoms with Gasteiger partial charge in [-0.2, -0.15) is 13.2 Å². The number of ether oxygens (including phenoxy) is 2. The summed E-state index contributed by atoms with van der Waals surface area (Å²) in [5, 5.41) is 0. The smallest absolute Gasteiger partial charge is 0.433 e. The molecule has 0 radical (unpaired) electrons. The maximum Gasteiger partial charge on any atom is 0.433 e. The fraction of sp³-hybridized carbons (Fsp3) is 0.471. The van der Waals surface area contributed by atoms with Crippen molar-refractivity contribution in [1.29, 1.82) is 0 Å². The molecule has 2 aliphatic heterocycles. The molecule has 0 saturated carbocycles. The summed E-state index contributed by atoms with van der Waals surface area (Å²) in [4.78, 5) is 13.4. The molecule has 2 aromatic rings. The van der Waals surface area contributed by atoms with Crippen LogP contribution in [0.3, 0.4) is 0 Å². The number of hydrogen-bond acceptors (Lipinski definition) is 6. The van der Waals surface area contributed by atoms with E-state index in [4.69, 9.17) is 9.47 Å². The summed E-state index contributed by atoms with van der Waals surface area (Å²) in [5.41, 5.74) is -1.38. The van der Waals surface area contributed by atoms with Gasteiger partial charge in [-0.1, -0.05) is 0 Å². The van der Waals surface area contributed by atoms with Gasteiger partial charge in [-0.3, -0.25) is 4.98 Å². The summed E-state index contributed by atoms with van der Waals surface area (Å²) in [6.45, 7) is 1.42. The van der Waals surface area contributed by atoms with Gasteiger partial charge in [0.15, 0.2) is 0 Å². The quantitative estimate of drug-likeness (QED) is 0.833. The van der Waals surface area contributed by atoms with Crippen LogP contribution in [-0.4, -0.2) is 46.4 Å². The highest BCUT2D eigenvalue weighted by molar-refractivity contribution is 5.35. The van der Waals surface area contributed by atoms with Crippen molar-refractivity contribution in [2.45, 2.75) is 30.7 Å². The molecule has 1 spiro atoms. The minimum absolute atomic E-state index is 0.0805. The molecular formula is C17H17F3N4O2. The Hall–Kier alpha value is -2.42.